The number of hydrogen-bond donors (Lipinski definition) is 2. The van der Waals surface area contributed by atoms with Gasteiger partial charge in [0.25, 0.3) is 0 Å². The summed E-state index contributed by atoms with van der Waals surface area (Å²) < 4.78 is 10.7. The second-order valence-corrected chi connectivity index (χ2v) is 4.64. The minimum Gasteiger partial charge on any atom is -0.493 e. The lowest BCUT2D eigenvalue weighted by Crippen LogP contribution is -2.19. The van der Waals surface area contributed by atoms with Crippen molar-refractivity contribution in [2.24, 2.45) is 0 Å². The molecule has 5 heteroatoms. The Morgan fingerprint density at radius 2 is 2.11 bits per heavy atom. The second kappa shape index (κ2) is 10.0. The number of rotatable bonds is 10. The van der Waals surface area contributed by atoms with Crippen molar-refractivity contribution in [1.29, 1.82) is 0 Å². The van der Waals surface area contributed by atoms with Crippen LogP contribution < -0.4 is 10.1 Å². The number of aliphatic hydroxyl groups excluding tert-OH is 1. The second-order valence-electron chi connectivity index (χ2n) is 4.20. The highest BCUT2D eigenvalue weighted by molar-refractivity contribution is 6.30. The smallest absolute Gasteiger partial charge is 0.123 e. The van der Waals surface area contributed by atoms with E-state index in [2.05, 4.69) is 5.32 Å². The largest absolute Gasteiger partial charge is 0.493 e. The molecule has 0 saturated heterocycles. The summed E-state index contributed by atoms with van der Waals surface area (Å²) in [5.41, 5.74) is 1.03. The van der Waals surface area contributed by atoms with Crippen LogP contribution in [0, 0.1) is 0 Å². The minimum atomic E-state index is 0.204. The van der Waals surface area contributed by atoms with Crippen LogP contribution in [0.2, 0.25) is 5.02 Å². The van der Waals surface area contributed by atoms with Crippen molar-refractivity contribution in [3.63, 3.8) is 0 Å². The molecule has 0 aliphatic rings. The lowest BCUT2D eigenvalue weighted by Gasteiger charge is -2.12. The predicted molar refractivity (Wildman–Crippen MR) is 76.8 cm³/mol. The molecule has 4 nitrogen and oxygen atoms in total. The molecule has 1 rings (SSSR count). The van der Waals surface area contributed by atoms with Gasteiger partial charge in [0.15, 0.2) is 0 Å². The summed E-state index contributed by atoms with van der Waals surface area (Å²) in [6.45, 7) is 2.96. The fourth-order valence-electron chi connectivity index (χ4n) is 1.62. The summed E-state index contributed by atoms with van der Waals surface area (Å²) in [5, 5.41) is 12.7. The summed E-state index contributed by atoms with van der Waals surface area (Å²) in [4.78, 5) is 0. The Morgan fingerprint density at radius 1 is 1.26 bits per heavy atom. The maximum absolute atomic E-state index is 8.73. The molecule has 108 valence electrons. The maximum Gasteiger partial charge on any atom is 0.123 e. The third-order valence-corrected chi connectivity index (χ3v) is 2.87. The highest BCUT2D eigenvalue weighted by Gasteiger charge is 2.04. The molecule has 0 fully saturated rings. The quantitative estimate of drug-likeness (QED) is 0.648. The fraction of sp³-hybridized carbons (Fsp3) is 0.571. The van der Waals surface area contributed by atoms with Crippen LogP contribution in [-0.4, -0.2) is 38.6 Å². The number of nitrogens with one attached hydrogen (secondary N) is 1. The molecule has 0 amide bonds. The van der Waals surface area contributed by atoms with Crippen molar-refractivity contribution in [2.45, 2.75) is 19.4 Å². The number of unbranched alkanes of at least 4 members (excludes halogenated alkanes) is 1. The molecule has 0 spiro atoms. The number of methoxy groups -OCH3 is 1. The standard InChI is InChI=1S/C14H22ClNO3/c1-18-9-6-16-11-12-10-13(15)4-5-14(12)19-8-3-2-7-17/h4-5,10,16-17H,2-3,6-9,11H2,1H3. The van der Waals surface area contributed by atoms with E-state index in [4.69, 9.17) is 26.2 Å². The highest BCUT2D eigenvalue weighted by atomic mass is 35.5. The molecule has 0 aliphatic carbocycles. The van der Waals surface area contributed by atoms with E-state index in [-0.39, 0.29) is 6.61 Å². The Labute approximate surface area is 119 Å². The molecular formula is C14H22ClNO3. The van der Waals surface area contributed by atoms with Gasteiger partial charge < -0.3 is 19.9 Å². The van der Waals surface area contributed by atoms with Crippen LogP contribution in [0.25, 0.3) is 0 Å². The van der Waals surface area contributed by atoms with Crippen molar-refractivity contribution >= 4 is 11.6 Å². The predicted octanol–water partition coefficient (Wildman–Crippen LogP) is 2.23. The molecule has 0 aromatic heterocycles. The molecule has 0 heterocycles. The topological polar surface area (TPSA) is 50.7 Å². The first-order valence-corrected chi connectivity index (χ1v) is 6.87. The fourth-order valence-corrected chi connectivity index (χ4v) is 1.81. The first-order chi connectivity index (χ1) is 9.27. The summed E-state index contributed by atoms with van der Waals surface area (Å²) in [7, 11) is 1.68. The molecule has 0 aliphatic heterocycles. The zero-order valence-electron chi connectivity index (χ0n) is 11.3. The van der Waals surface area contributed by atoms with Gasteiger partial charge in [-0.3, -0.25) is 0 Å². The number of benzene rings is 1. The minimum absolute atomic E-state index is 0.204. The third kappa shape index (κ3) is 6.78. The van der Waals surface area contributed by atoms with Gasteiger partial charge in [-0.2, -0.15) is 0 Å². The summed E-state index contributed by atoms with van der Waals surface area (Å²) >= 11 is 6.00. The van der Waals surface area contributed by atoms with Crippen molar-refractivity contribution in [2.75, 3.05) is 33.5 Å². The third-order valence-electron chi connectivity index (χ3n) is 2.63. The Morgan fingerprint density at radius 3 is 2.84 bits per heavy atom. The number of hydrogen-bond acceptors (Lipinski definition) is 4. The SMILES string of the molecule is COCCNCc1cc(Cl)ccc1OCCCCO. The number of ether oxygens (including phenoxy) is 2. The zero-order valence-corrected chi connectivity index (χ0v) is 12.1. The first kappa shape index (κ1) is 16.2. The summed E-state index contributed by atoms with van der Waals surface area (Å²) in [6, 6.07) is 5.61. The van der Waals surface area contributed by atoms with Gasteiger partial charge in [0.1, 0.15) is 5.75 Å². The number of halogens is 1. The molecule has 1 aromatic rings. The Hall–Kier alpha value is -0.810. The van der Waals surface area contributed by atoms with Crippen LogP contribution in [0.5, 0.6) is 5.75 Å². The molecule has 0 atom stereocenters. The monoisotopic (exact) mass is 287 g/mol. The van der Waals surface area contributed by atoms with Crippen molar-refractivity contribution in [1.82, 2.24) is 5.32 Å². The van der Waals surface area contributed by atoms with Gasteiger partial charge in [-0.15, -0.1) is 0 Å². The Kier molecular flexibility index (Phi) is 8.58. The molecule has 0 bridgehead atoms. The van der Waals surface area contributed by atoms with Crippen LogP contribution in [-0.2, 0) is 11.3 Å². The number of aliphatic hydroxyl groups is 1. The van der Waals surface area contributed by atoms with E-state index in [0.29, 0.717) is 24.8 Å². The molecule has 0 radical (unpaired) electrons. The maximum atomic E-state index is 8.73. The van der Waals surface area contributed by atoms with Crippen LogP contribution in [0.1, 0.15) is 18.4 Å². The average Bonchev–Trinajstić information content (AvgIpc) is 2.41. The summed E-state index contributed by atoms with van der Waals surface area (Å²) in [5.74, 6) is 0.840. The highest BCUT2D eigenvalue weighted by Crippen LogP contribution is 2.23. The van der Waals surface area contributed by atoms with Crippen LogP contribution in [0.4, 0.5) is 0 Å². The summed E-state index contributed by atoms with van der Waals surface area (Å²) in [6.07, 6.45) is 1.60. The first-order valence-electron chi connectivity index (χ1n) is 6.49. The van der Waals surface area contributed by atoms with Gasteiger partial charge in [0.2, 0.25) is 0 Å². The van der Waals surface area contributed by atoms with E-state index in [0.717, 1.165) is 30.7 Å². The van der Waals surface area contributed by atoms with E-state index >= 15 is 0 Å². The zero-order chi connectivity index (χ0) is 13.9. The molecular weight excluding hydrogens is 266 g/mol. The molecule has 1 aromatic carbocycles. The van der Waals surface area contributed by atoms with E-state index in [1.807, 2.05) is 18.2 Å². The van der Waals surface area contributed by atoms with E-state index in [9.17, 15) is 0 Å². The van der Waals surface area contributed by atoms with E-state index in [1.165, 1.54) is 0 Å². The van der Waals surface area contributed by atoms with Crippen molar-refractivity contribution in [3.05, 3.63) is 28.8 Å². The van der Waals surface area contributed by atoms with Gasteiger partial charge >= 0.3 is 0 Å². The van der Waals surface area contributed by atoms with Crippen LogP contribution in [0.15, 0.2) is 18.2 Å². The lowest BCUT2D eigenvalue weighted by molar-refractivity contribution is 0.199. The van der Waals surface area contributed by atoms with Crippen molar-refractivity contribution < 1.29 is 14.6 Å². The van der Waals surface area contributed by atoms with E-state index < -0.39 is 0 Å². The van der Waals surface area contributed by atoms with Gasteiger partial charge in [-0.25, -0.2) is 0 Å². The van der Waals surface area contributed by atoms with Gasteiger partial charge in [0.05, 0.1) is 13.2 Å². The Balaban J connectivity index is 2.48. The van der Waals surface area contributed by atoms with Gasteiger partial charge in [0, 0.05) is 37.4 Å². The van der Waals surface area contributed by atoms with Crippen molar-refractivity contribution in [3.8, 4) is 5.75 Å². The normalized spacial score (nSPS) is 10.7. The molecule has 19 heavy (non-hydrogen) atoms. The van der Waals surface area contributed by atoms with Gasteiger partial charge in [-0.05, 0) is 31.0 Å². The van der Waals surface area contributed by atoms with Crippen LogP contribution >= 0.6 is 11.6 Å². The molecule has 0 saturated carbocycles. The van der Waals surface area contributed by atoms with Gasteiger partial charge in [-0.1, -0.05) is 11.6 Å². The van der Waals surface area contributed by atoms with E-state index in [1.54, 1.807) is 7.11 Å². The molecule has 0 unspecified atom stereocenters. The Bertz CT molecular complexity index is 361. The lowest BCUT2D eigenvalue weighted by atomic mass is 10.2. The van der Waals surface area contributed by atoms with Crippen LogP contribution in [0.3, 0.4) is 0 Å². The average molecular weight is 288 g/mol. The molecule has 2 N–H and O–H groups in total.